The Balaban J connectivity index is 3.99. The molecular formula is C16H27N2O6. The molecule has 0 rings (SSSR count). The van der Waals surface area contributed by atoms with Crippen LogP contribution in [0.2, 0.25) is 0 Å². The number of nitrogens with zero attached hydrogens (tertiary/aromatic N) is 1. The van der Waals surface area contributed by atoms with Crippen LogP contribution in [0.15, 0.2) is 0 Å². The van der Waals surface area contributed by atoms with Crippen LogP contribution in [-0.2, 0) is 28.7 Å². The van der Waals surface area contributed by atoms with Crippen molar-refractivity contribution in [2.75, 3.05) is 6.61 Å². The summed E-state index contributed by atoms with van der Waals surface area (Å²) in [5.41, 5.74) is 4.85. The average Bonchev–Trinajstić information content (AvgIpc) is 2.47. The number of ether oxygens (including phenoxy) is 2. The third kappa shape index (κ3) is 10.6. The minimum Gasteiger partial charge on any atom is -0.465 e. The molecule has 2 amide bonds. The average molecular weight is 343 g/mol. The van der Waals surface area contributed by atoms with E-state index < -0.39 is 35.3 Å². The summed E-state index contributed by atoms with van der Waals surface area (Å²) in [6.45, 7) is 8.71. The van der Waals surface area contributed by atoms with Gasteiger partial charge in [0.2, 0.25) is 0 Å². The van der Waals surface area contributed by atoms with Crippen LogP contribution < -0.4 is 10.9 Å². The Morgan fingerprint density at radius 3 is 2.29 bits per heavy atom. The first-order valence-corrected chi connectivity index (χ1v) is 7.98. The highest BCUT2D eigenvalue weighted by Crippen LogP contribution is 2.09. The Morgan fingerprint density at radius 2 is 1.75 bits per heavy atom. The third-order valence-corrected chi connectivity index (χ3v) is 2.68. The first-order chi connectivity index (χ1) is 11.1. The Labute approximate surface area is 142 Å². The second kappa shape index (κ2) is 10.6. The number of carbonyl (C=O) groups is 4. The van der Waals surface area contributed by atoms with Gasteiger partial charge in [0, 0.05) is 12.8 Å². The van der Waals surface area contributed by atoms with E-state index in [1.54, 1.807) is 20.8 Å². The largest absolute Gasteiger partial charge is 0.465 e. The fraction of sp³-hybridized carbons (Fsp3) is 0.750. The molecule has 0 aliphatic heterocycles. The highest BCUT2D eigenvalue weighted by Gasteiger charge is 2.23. The van der Waals surface area contributed by atoms with Crippen LogP contribution in [0.4, 0.5) is 0 Å². The van der Waals surface area contributed by atoms with E-state index >= 15 is 0 Å². The minimum atomic E-state index is -1.05. The summed E-state index contributed by atoms with van der Waals surface area (Å²) < 4.78 is 9.94. The van der Waals surface area contributed by atoms with Crippen LogP contribution in [0.5, 0.6) is 0 Å². The van der Waals surface area contributed by atoms with Crippen LogP contribution in [0.1, 0.15) is 60.3 Å². The lowest BCUT2D eigenvalue weighted by molar-refractivity contribution is -0.155. The van der Waals surface area contributed by atoms with Crippen LogP contribution in [-0.4, -0.2) is 36.0 Å². The van der Waals surface area contributed by atoms with E-state index in [1.165, 1.54) is 6.92 Å². The van der Waals surface area contributed by atoms with Gasteiger partial charge < -0.3 is 9.47 Å². The first kappa shape index (κ1) is 21.9. The number of hydrogen-bond donors (Lipinski definition) is 1. The molecule has 0 bridgehead atoms. The molecule has 0 aliphatic rings. The van der Waals surface area contributed by atoms with Gasteiger partial charge in [-0.05, 0) is 40.5 Å². The standard InChI is InChI=1S/C16H27N2O6/c1-6-10-23-15(22)11(2)14(21)18-17-12(19)8-7-9-13(20)24-16(3,4)5/h11H,6-10H2,1-5H3,(H,18,21). The molecule has 0 aliphatic carbocycles. The van der Waals surface area contributed by atoms with E-state index in [9.17, 15) is 19.2 Å². The van der Waals surface area contributed by atoms with E-state index in [1.807, 2.05) is 12.3 Å². The maximum atomic E-state index is 11.7. The topological polar surface area (TPSA) is 113 Å². The molecule has 1 N–H and O–H groups in total. The number of rotatable bonds is 8. The Morgan fingerprint density at radius 1 is 1.12 bits per heavy atom. The van der Waals surface area contributed by atoms with Crippen molar-refractivity contribution in [1.82, 2.24) is 10.9 Å². The normalized spacial score (nSPS) is 12.0. The van der Waals surface area contributed by atoms with E-state index in [0.29, 0.717) is 6.42 Å². The summed E-state index contributed by atoms with van der Waals surface area (Å²) in [5.74, 6) is -3.40. The number of carbonyl (C=O) groups excluding carboxylic acids is 4. The second-order valence-corrected chi connectivity index (χ2v) is 6.31. The van der Waals surface area contributed by atoms with Gasteiger partial charge in [-0.1, -0.05) is 6.92 Å². The molecule has 0 spiro atoms. The van der Waals surface area contributed by atoms with E-state index in [2.05, 4.69) is 5.43 Å². The number of amides is 2. The van der Waals surface area contributed by atoms with Crippen molar-refractivity contribution in [2.24, 2.45) is 5.92 Å². The van der Waals surface area contributed by atoms with E-state index in [4.69, 9.17) is 9.47 Å². The molecule has 137 valence electrons. The predicted molar refractivity (Wildman–Crippen MR) is 85.4 cm³/mol. The Hall–Kier alpha value is -2.12. The molecule has 1 radical (unpaired) electrons. The van der Waals surface area contributed by atoms with Crippen molar-refractivity contribution in [2.45, 2.75) is 65.9 Å². The summed E-state index contributed by atoms with van der Waals surface area (Å²) in [4.78, 5) is 46.1. The zero-order valence-corrected chi connectivity index (χ0v) is 15.0. The zero-order chi connectivity index (χ0) is 18.8. The van der Waals surface area contributed by atoms with E-state index in [-0.39, 0.29) is 25.9 Å². The molecule has 0 heterocycles. The summed E-state index contributed by atoms with van der Waals surface area (Å²) in [6, 6.07) is 0. The van der Waals surface area contributed by atoms with Gasteiger partial charge >= 0.3 is 11.9 Å². The van der Waals surface area contributed by atoms with Crippen LogP contribution in [0, 0.1) is 5.92 Å². The van der Waals surface area contributed by atoms with Gasteiger partial charge in [0.05, 0.1) is 6.61 Å². The van der Waals surface area contributed by atoms with Crippen LogP contribution in [0.25, 0.3) is 0 Å². The maximum absolute atomic E-state index is 11.7. The maximum Gasteiger partial charge on any atom is 0.318 e. The number of esters is 2. The third-order valence-electron chi connectivity index (χ3n) is 2.68. The molecule has 0 aromatic heterocycles. The van der Waals surface area contributed by atoms with Gasteiger partial charge in [-0.2, -0.15) is 0 Å². The minimum absolute atomic E-state index is 0.00577. The molecule has 0 aromatic rings. The van der Waals surface area contributed by atoms with Crippen molar-refractivity contribution < 1.29 is 28.7 Å². The van der Waals surface area contributed by atoms with Gasteiger partial charge in [-0.3, -0.25) is 19.2 Å². The molecule has 0 aromatic carbocycles. The molecule has 0 saturated carbocycles. The second-order valence-electron chi connectivity index (χ2n) is 6.31. The van der Waals surface area contributed by atoms with Crippen molar-refractivity contribution >= 4 is 23.8 Å². The van der Waals surface area contributed by atoms with Crippen molar-refractivity contribution in [3.63, 3.8) is 0 Å². The molecule has 0 saturated heterocycles. The molecule has 24 heavy (non-hydrogen) atoms. The lowest BCUT2D eigenvalue weighted by Gasteiger charge is -2.19. The Kier molecular flexibility index (Phi) is 9.68. The van der Waals surface area contributed by atoms with Gasteiger partial charge in [0.25, 0.3) is 11.8 Å². The zero-order valence-electron chi connectivity index (χ0n) is 15.0. The number of nitrogens with one attached hydrogen (secondary N) is 1. The summed E-state index contributed by atoms with van der Waals surface area (Å²) in [7, 11) is 0. The van der Waals surface area contributed by atoms with Gasteiger partial charge in [-0.25, -0.2) is 5.43 Å². The number of hydrogen-bond acceptors (Lipinski definition) is 6. The van der Waals surface area contributed by atoms with Crippen LogP contribution >= 0.6 is 0 Å². The quantitative estimate of drug-likeness (QED) is 0.403. The summed E-state index contributed by atoms with van der Waals surface area (Å²) in [6.07, 6.45) is 1.00. The highest BCUT2D eigenvalue weighted by molar-refractivity contribution is 5.97. The summed E-state index contributed by atoms with van der Waals surface area (Å²) >= 11 is 0. The smallest absolute Gasteiger partial charge is 0.318 e. The first-order valence-electron chi connectivity index (χ1n) is 7.98. The highest BCUT2D eigenvalue weighted by atomic mass is 16.6. The fourth-order valence-electron chi connectivity index (χ4n) is 1.48. The molecule has 8 heteroatoms. The van der Waals surface area contributed by atoms with Crippen molar-refractivity contribution in [3.8, 4) is 0 Å². The molecular weight excluding hydrogens is 316 g/mol. The van der Waals surface area contributed by atoms with Gasteiger partial charge in [0.1, 0.15) is 11.5 Å². The van der Waals surface area contributed by atoms with E-state index in [0.717, 1.165) is 0 Å². The fourth-order valence-corrected chi connectivity index (χ4v) is 1.48. The molecule has 1 unspecified atom stereocenters. The van der Waals surface area contributed by atoms with Crippen molar-refractivity contribution in [1.29, 1.82) is 0 Å². The molecule has 0 fully saturated rings. The van der Waals surface area contributed by atoms with Gasteiger partial charge in [-0.15, -0.1) is 5.43 Å². The lowest BCUT2D eigenvalue weighted by atomic mass is 10.2. The van der Waals surface area contributed by atoms with Crippen molar-refractivity contribution in [3.05, 3.63) is 0 Å². The van der Waals surface area contributed by atoms with Gasteiger partial charge in [0.15, 0.2) is 0 Å². The molecule has 1 atom stereocenters. The summed E-state index contributed by atoms with van der Waals surface area (Å²) in [5, 5.41) is 0. The molecule has 8 nitrogen and oxygen atoms in total. The monoisotopic (exact) mass is 343 g/mol. The Bertz CT molecular complexity index is 456. The lowest BCUT2D eigenvalue weighted by Crippen LogP contribution is -2.41. The SMILES string of the molecule is CCCOC(=O)C(C)C(=O)N[N]C(=O)CCCC(=O)OC(C)(C)C. The van der Waals surface area contributed by atoms with Crippen LogP contribution in [0.3, 0.4) is 0 Å². The predicted octanol–water partition coefficient (Wildman–Crippen LogP) is 1.25.